The number of fused-ring (bicyclic) bond motifs is 1. The third-order valence-corrected chi connectivity index (χ3v) is 6.60. The van der Waals surface area contributed by atoms with Crippen LogP contribution in [0.1, 0.15) is 53.5 Å². The summed E-state index contributed by atoms with van der Waals surface area (Å²) in [5, 5.41) is 3.50. The molecule has 0 spiro atoms. The molecule has 8 heteroatoms. The van der Waals surface area contributed by atoms with E-state index in [1.54, 1.807) is 6.92 Å². The number of benzene rings is 1. The minimum Gasteiger partial charge on any atom is -0.369 e. The predicted octanol–water partition coefficient (Wildman–Crippen LogP) is 2.78. The molecule has 0 saturated carbocycles. The van der Waals surface area contributed by atoms with Crippen LogP contribution >= 0.6 is 0 Å². The van der Waals surface area contributed by atoms with Crippen LogP contribution in [0.15, 0.2) is 18.2 Å². The highest BCUT2D eigenvalue weighted by atomic mass is 16.2. The van der Waals surface area contributed by atoms with Gasteiger partial charge in [-0.15, -0.1) is 0 Å². The Morgan fingerprint density at radius 3 is 2.48 bits per heavy atom. The van der Waals surface area contributed by atoms with Crippen LogP contribution in [0.3, 0.4) is 0 Å². The maximum Gasteiger partial charge on any atom is 0.273 e. The van der Waals surface area contributed by atoms with E-state index in [0.717, 1.165) is 24.3 Å². The van der Waals surface area contributed by atoms with Crippen LogP contribution < -0.4 is 10.2 Å². The molecule has 0 unspecified atom stereocenters. The molecule has 1 aromatic carbocycles. The van der Waals surface area contributed by atoms with Gasteiger partial charge in [-0.3, -0.25) is 9.59 Å². The standard InChI is InChI=1S/C25H34N6O2/c1-16(2)31-15-21-22(24(31)33)27-25(30-12-10-29(11-13-30)19(5)32)28-23(21)26-9-8-20-7-6-17(3)14-18(20)4/h6-7,14,16H,8-13,15H2,1-5H3,(H,26,27,28). The van der Waals surface area contributed by atoms with Gasteiger partial charge in [-0.05, 0) is 45.2 Å². The summed E-state index contributed by atoms with van der Waals surface area (Å²) in [4.78, 5) is 40.0. The molecule has 0 radical (unpaired) electrons. The van der Waals surface area contributed by atoms with E-state index >= 15 is 0 Å². The van der Waals surface area contributed by atoms with Crippen molar-refractivity contribution in [2.45, 2.75) is 53.6 Å². The molecular weight excluding hydrogens is 416 g/mol. The van der Waals surface area contributed by atoms with E-state index < -0.39 is 0 Å². The van der Waals surface area contributed by atoms with Crippen LogP contribution in [0.25, 0.3) is 0 Å². The topological polar surface area (TPSA) is 81.7 Å². The lowest BCUT2D eigenvalue weighted by molar-refractivity contribution is -0.129. The molecular formula is C25H34N6O2. The van der Waals surface area contributed by atoms with Gasteiger partial charge in [-0.1, -0.05) is 23.8 Å². The molecule has 2 aliphatic heterocycles. The summed E-state index contributed by atoms with van der Waals surface area (Å²) in [5.41, 5.74) is 5.23. The normalized spacial score (nSPS) is 15.9. The summed E-state index contributed by atoms with van der Waals surface area (Å²) >= 11 is 0. The van der Waals surface area contributed by atoms with Gasteiger partial charge in [0, 0.05) is 51.3 Å². The zero-order chi connectivity index (χ0) is 23.7. The summed E-state index contributed by atoms with van der Waals surface area (Å²) in [7, 11) is 0. The van der Waals surface area contributed by atoms with E-state index in [9.17, 15) is 9.59 Å². The van der Waals surface area contributed by atoms with Crippen molar-refractivity contribution in [2.75, 3.05) is 42.9 Å². The Morgan fingerprint density at radius 2 is 1.85 bits per heavy atom. The van der Waals surface area contributed by atoms with E-state index in [1.807, 2.05) is 23.6 Å². The maximum absolute atomic E-state index is 13.1. The second-order valence-corrected chi connectivity index (χ2v) is 9.33. The number of carbonyl (C=O) groups excluding carboxylic acids is 2. The summed E-state index contributed by atoms with van der Waals surface area (Å²) in [6.45, 7) is 13.7. The third-order valence-electron chi connectivity index (χ3n) is 6.60. The lowest BCUT2D eigenvalue weighted by Gasteiger charge is -2.34. The van der Waals surface area contributed by atoms with E-state index in [2.05, 4.69) is 42.3 Å². The molecule has 1 N–H and O–H groups in total. The summed E-state index contributed by atoms with van der Waals surface area (Å²) in [5.74, 6) is 1.35. The van der Waals surface area contributed by atoms with E-state index in [1.165, 1.54) is 16.7 Å². The molecule has 0 aliphatic carbocycles. The van der Waals surface area contributed by atoms with Gasteiger partial charge in [-0.25, -0.2) is 4.98 Å². The Bertz CT molecular complexity index is 1060. The smallest absolute Gasteiger partial charge is 0.273 e. The maximum atomic E-state index is 13.1. The van der Waals surface area contributed by atoms with Crippen LogP contribution in [0, 0.1) is 13.8 Å². The first-order chi connectivity index (χ1) is 15.7. The first-order valence-electron chi connectivity index (χ1n) is 11.8. The van der Waals surface area contributed by atoms with Crippen molar-refractivity contribution in [3.8, 4) is 0 Å². The number of aryl methyl sites for hydroxylation is 2. The fraction of sp³-hybridized carbons (Fsp3) is 0.520. The molecule has 33 heavy (non-hydrogen) atoms. The average Bonchev–Trinajstić information content (AvgIpc) is 3.12. The largest absolute Gasteiger partial charge is 0.369 e. The van der Waals surface area contributed by atoms with Crippen LogP contribution in [0.5, 0.6) is 0 Å². The Labute approximate surface area is 196 Å². The Balaban J connectivity index is 1.57. The quantitative estimate of drug-likeness (QED) is 0.729. The van der Waals surface area contributed by atoms with Crippen molar-refractivity contribution in [2.24, 2.45) is 0 Å². The number of amides is 2. The van der Waals surface area contributed by atoms with E-state index in [4.69, 9.17) is 9.97 Å². The highest BCUT2D eigenvalue weighted by Crippen LogP contribution is 2.30. The molecule has 0 atom stereocenters. The fourth-order valence-corrected chi connectivity index (χ4v) is 4.54. The van der Waals surface area contributed by atoms with Gasteiger partial charge in [0.15, 0.2) is 0 Å². The Hall–Kier alpha value is -3.16. The number of carbonyl (C=O) groups is 2. The monoisotopic (exact) mass is 450 g/mol. The molecule has 176 valence electrons. The number of nitrogens with one attached hydrogen (secondary N) is 1. The van der Waals surface area contributed by atoms with Gasteiger partial charge in [-0.2, -0.15) is 4.98 Å². The van der Waals surface area contributed by atoms with E-state index in [0.29, 0.717) is 44.4 Å². The minimum atomic E-state index is -0.0385. The molecule has 2 aliphatic rings. The van der Waals surface area contributed by atoms with Crippen LogP contribution in [0.4, 0.5) is 11.8 Å². The SMILES string of the molecule is CC(=O)N1CCN(c2nc(NCCc3ccc(C)cc3C)c3c(n2)C(=O)N(C(C)C)C3)CC1. The lowest BCUT2D eigenvalue weighted by Crippen LogP contribution is -2.48. The van der Waals surface area contributed by atoms with Crippen LogP contribution in [0.2, 0.25) is 0 Å². The second-order valence-electron chi connectivity index (χ2n) is 9.33. The zero-order valence-electron chi connectivity index (χ0n) is 20.3. The lowest BCUT2D eigenvalue weighted by atomic mass is 10.0. The van der Waals surface area contributed by atoms with Crippen molar-refractivity contribution >= 4 is 23.6 Å². The van der Waals surface area contributed by atoms with Gasteiger partial charge in [0.05, 0.1) is 6.54 Å². The summed E-state index contributed by atoms with van der Waals surface area (Å²) < 4.78 is 0. The van der Waals surface area contributed by atoms with Crippen LogP contribution in [-0.2, 0) is 17.8 Å². The number of hydrogen-bond donors (Lipinski definition) is 1. The number of anilines is 2. The zero-order valence-corrected chi connectivity index (χ0v) is 20.3. The predicted molar refractivity (Wildman–Crippen MR) is 130 cm³/mol. The second kappa shape index (κ2) is 9.37. The molecule has 1 aromatic heterocycles. The number of rotatable bonds is 6. The van der Waals surface area contributed by atoms with Gasteiger partial charge in [0.25, 0.3) is 5.91 Å². The third kappa shape index (κ3) is 4.79. The summed E-state index contributed by atoms with van der Waals surface area (Å²) in [6, 6.07) is 6.62. The van der Waals surface area contributed by atoms with Crippen molar-refractivity contribution in [1.29, 1.82) is 0 Å². The van der Waals surface area contributed by atoms with Crippen molar-refractivity contribution < 1.29 is 9.59 Å². The molecule has 1 fully saturated rings. The Morgan fingerprint density at radius 1 is 1.12 bits per heavy atom. The van der Waals surface area contributed by atoms with E-state index in [-0.39, 0.29) is 17.9 Å². The average molecular weight is 451 g/mol. The number of hydrogen-bond acceptors (Lipinski definition) is 6. The molecule has 3 heterocycles. The summed E-state index contributed by atoms with van der Waals surface area (Å²) in [6.07, 6.45) is 0.874. The molecule has 0 bridgehead atoms. The molecule has 2 aromatic rings. The van der Waals surface area contributed by atoms with Gasteiger partial charge in [0.2, 0.25) is 11.9 Å². The van der Waals surface area contributed by atoms with Gasteiger partial charge < -0.3 is 20.0 Å². The fourth-order valence-electron chi connectivity index (χ4n) is 4.54. The molecule has 2 amide bonds. The van der Waals surface area contributed by atoms with Gasteiger partial charge >= 0.3 is 0 Å². The minimum absolute atomic E-state index is 0.0385. The van der Waals surface area contributed by atoms with Crippen molar-refractivity contribution in [3.05, 3.63) is 46.1 Å². The number of nitrogens with zero attached hydrogens (tertiary/aromatic N) is 5. The first-order valence-corrected chi connectivity index (χ1v) is 11.8. The number of piperazine rings is 1. The number of aromatic nitrogens is 2. The highest BCUT2D eigenvalue weighted by molar-refractivity contribution is 5.98. The van der Waals surface area contributed by atoms with Gasteiger partial charge in [0.1, 0.15) is 11.5 Å². The van der Waals surface area contributed by atoms with Crippen LogP contribution in [-0.4, -0.2) is 70.3 Å². The Kier molecular flexibility index (Phi) is 6.54. The highest BCUT2D eigenvalue weighted by Gasteiger charge is 2.35. The van der Waals surface area contributed by atoms with Crippen molar-refractivity contribution in [3.63, 3.8) is 0 Å². The molecule has 8 nitrogen and oxygen atoms in total. The first kappa shape index (κ1) is 23.0. The molecule has 1 saturated heterocycles. The molecule has 4 rings (SSSR count). The van der Waals surface area contributed by atoms with Crippen molar-refractivity contribution in [1.82, 2.24) is 19.8 Å².